The summed E-state index contributed by atoms with van der Waals surface area (Å²) in [6.07, 6.45) is 0. The zero-order chi connectivity index (χ0) is 10.8. The molecule has 78 valence electrons. The van der Waals surface area contributed by atoms with Crippen LogP contribution >= 0.6 is 0 Å². The molecule has 1 aromatic rings. The summed E-state index contributed by atoms with van der Waals surface area (Å²) in [5.41, 5.74) is 12.5. The Hall–Kier alpha value is -1.97. The monoisotopic (exact) mass is 203 g/mol. The summed E-state index contributed by atoms with van der Waals surface area (Å²) in [6.45, 7) is 0.633. The summed E-state index contributed by atoms with van der Waals surface area (Å²) in [6, 6.07) is 9.73. The zero-order valence-electron chi connectivity index (χ0n) is 8.23. The molecule has 0 bridgehead atoms. The highest BCUT2D eigenvalue weighted by molar-refractivity contribution is 5.94. The van der Waals surface area contributed by atoms with Gasteiger partial charge < -0.3 is 16.8 Å². The molecule has 0 aromatic heterocycles. The molecule has 4 heteroatoms. The normalized spacial score (nSPS) is 20.1. The molecule has 0 spiro atoms. The van der Waals surface area contributed by atoms with E-state index in [0.29, 0.717) is 17.9 Å². The average molecular weight is 203 g/mol. The topological polar surface area (TPSA) is 81.1 Å². The van der Waals surface area contributed by atoms with Crippen LogP contribution in [0.4, 0.5) is 0 Å². The molecule has 1 aliphatic rings. The van der Waals surface area contributed by atoms with Gasteiger partial charge in [0.15, 0.2) is 0 Å². The molecule has 2 rings (SSSR count). The molecule has 0 fully saturated rings. The van der Waals surface area contributed by atoms with E-state index in [9.17, 15) is 4.79 Å². The third kappa shape index (κ3) is 1.66. The van der Waals surface area contributed by atoms with Crippen molar-refractivity contribution in [1.82, 2.24) is 5.32 Å². The molecule has 0 radical (unpaired) electrons. The highest BCUT2D eigenvalue weighted by Gasteiger charge is 2.28. The number of nitrogens with two attached hydrogens (primary N) is 2. The van der Waals surface area contributed by atoms with Crippen molar-refractivity contribution in [3.63, 3.8) is 0 Å². The maximum atomic E-state index is 11.2. The molecule has 1 aliphatic heterocycles. The fourth-order valence-corrected chi connectivity index (χ4v) is 1.87. The van der Waals surface area contributed by atoms with Gasteiger partial charge in [-0.15, -0.1) is 0 Å². The van der Waals surface area contributed by atoms with Crippen molar-refractivity contribution >= 4 is 5.91 Å². The van der Waals surface area contributed by atoms with Crippen molar-refractivity contribution in [2.24, 2.45) is 11.5 Å². The van der Waals surface area contributed by atoms with E-state index in [0.717, 1.165) is 5.56 Å². The van der Waals surface area contributed by atoms with Gasteiger partial charge in [-0.3, -0.25) is 4.79 Å². The van der Waals surface area contributed by atoms with Crippen LogP contribution in [0.25, 0.3) is 0 Å². The molecule has 1 unspecified atom stereocenters. The first kappa shape index (κ1) is 9.58. The summed E-state index contributed by atoms with van der Waals surface area (Å²) in [4.78, 5) is 11.2. The molecule has 0 aliphatic carbocycles. The van der Waals surface area contributed by atoms with Crippen LogP contribution in [0, 0.1) is 0 Å². The van der Waals surface area contributed by atoms with Crippen LogP contribution in [-0.4, -0.2) is 12.5 Å². The molecule has 15 heavy (non-hydrogen) atoms. The van der Waals surface area contributed by atoms with Crippen LogP contribution < -0.4 is 16.8 Å². The number of primary amides is 1. The Morgan fingerprint density at radius 2 is 2.00 bits per heavy atom. The van der Waals surface area contributed by atoms with E-state index in [4.69, 9.17) is 11.5 Å². The number of carbonyl (C=O) groups is 1. The van der Waals surface area contributed by atoms with Crippen molar-refractivity contribution < 1.29 is 4.79 Å². The maximum absolute atomic E-state index is 11.2. The van der Waals surface area contributed by atoms with Gasteiger partial charge in [-0.05, 0) is 5.56 Å². The van der Waals surface area contributed by atoms with E-state index in [2.05, 4.69) is 5.32 Å². The second-order valence-electron chi connectivity index (χ2n) is 3.54. The molecular weight excluding hydrogens is 190 g/mol. The SMILES string of the molecule is NC(=O)C1=C(N)NCC1c1ccccc1. The van der Waals surface area contributed by atoms with Gasteiger partial charge in [-0.1, -0.05) is 30.3 Å². The van der Waals surface area contributed by atoms with Crippen molar-refractivity contribution in [1.29, 1.82) is 0 Å². The summed E-state index contributed by atoms with van der Waals surface area (Å²) >= 11 is 0. The minimum absolute atomic E-state index is 0.0244. The standard InChI is InChI=1S/C11H13N3O/c12-10-9(11(13)15)8(6-14-10)7-4-2-1-3-5-7/h1-5,8,14H,6,12H2,(H2,13,15). The average Bonchev–Trinajstić information content (AvgIpc) is 2.61. The number of hydrogen-bond donors (Lipinski definition) is 3. The van der Waals surface area contributed by atoms with Gasteiger partial charge in [0.2, 0.25) is 5.91 Å². The lowest BCUT2D eigenvalue weighted by atomic mass is 9.93. The van der Waals surface area contributed by atoms with Crippen LogP contribution in [-0.2, 0) is 4.79 Å². The van der Waals surface area contributed by atoms with E-state index >= 15 is 0 Å². The van der Waals surface area contributed by atoms with Crippen molar-refractivity contribution in [2.45, 2.75) is 5.92 Å². The quantitative estimate of drug-likeness (QED) is 0.634. The Morgan fingerprint density at radius 1 is 1.33 bits per heavy atom. The molecule has 1 aromatic carbocycles. The number of hydrogen-bond acceptors (Lipinski definition) is 3. The third-order valence-electron chi connectivity index (χ3n) is 2.60. The largest absolute Gasteiger partial charge is 0.385 e. The Balaban J connectivity index is 2.37. The lowest BCUT2D eigenvalue weighted by Gasteiger charge is -2.11. The van der Waals surface area contributed by atoms with Crippen LogP contribution in [0.15, 0.2) is 41.7 Å². The van der Waals surface area contributed by atoms with Crippen LogP contribution in [0.5, 0.6) is 0 Å². The lowest BCUT2D eigenvalue weighted by Crippen LogP contribution is -2.20. The fraction of sp³-hybridized carbons (Fsp3) is 0.182. The van der Waals surface area contributed by atoms with Crippen molar-refractivity contribution in [3.05, 3.63) is 47.3 Å². The summed E-state index contributed by atoms with van der Waals surface area (Å²) < 4.78 is 0. The third-order valence-corrected chi connectivity index (χ3v) is 2.60. The molecule has 0 saturated heterocycles. The first-order chi connectivity index (χ1) is 7.20. The predicted octanol–water partition coefficient (Wildman–Crippen LogP) is 0.0290. The molecule has 4 nitrogen and oxygen atoms in total. The minimum atomic E-state index is -0.452. The maximum Gasteiger partial charge on any atom is 0.248 e. The number of rotatable bonds is 2. The van der Waals surface area contributed by atoms with Gasteiger partial charge in [0, 0.05) is 12.5 Å². The zero-order valence-corrected chi connectivity index (χ0v) is 8.23. The van der Waals surface area contributed by atoms with Gasteiger partial charge in [0.1, 0.15) is 5.82 Å². The van der Waals surface area contributed by atoms with Gasteiger partial charge in [-0.2, -0.15) is 0 Å². The molecule has 1 atom stereocenters. The molecule has 1 heterocycles. The highest BCUT2D eigenvalue weighted by Crippen LogP contribution is 2.28. The summed E-state index contributed by atoms with van der Waals surface area (Å²) in [7, 11) is 0. The molecule has 1 amide bonds. The first-order valence-corrected chi connectivity index (χ1v) is 4.78. The van der Waals surface area contributed by atoms with Crippen LogP contribution in [0.2, 0.25) is 0 Å². The first-order valence-electron chi connectivity index (χ1n) is 4.78. The highest BCUT2D eigenvalue weighted by atomic mass is 16.1. The number of nitrogens with one attached hydrogen (secondary N) is 1. The lowest BCUT2D eigenvalue weighted by molar-refractivity contribution is -0.114. The number of amides is 1. The minimum Gasteiger partial charge on any atom is -0.385 e. The van der Waals surface area contributed by atoms with Crippen LogP contribution in [0.1, 0.15) is 11.5 Å². The predicted molar refractivity (Wildman–Crippen MR) is 57.6 cm³/mol. The second-order valence-corrected chi connectivity index (χ2v) is 3.54. The van der Waals surface area contributed by atoms with E-state index in [1.165, 1.54) is 0 Å². The second kappa shape index (κ2) is 3.65. The van der Waals surface area contributed by atoms with Crippen molar-refractivity contribution in [3.8, 4) is 0 Å². The summed E-state index contributed by atoms with van der Waals surface area (Å²) in [5.74, 6) is -0.0774. The molecular formula is C11H13N3O. The van der Waals surface area contributed by atoms with Gasteiger partial charge in [-0.25, -0.2) is 0 Å². The van der Waals surface area contributed by atoms with Crippen LogP contribution in [0.3, 0.4) is 0 Å². The van der Waals surface area contributed by atoms with E-state index < -0.39 is 5.91 Å². The Kier molecular flexibility index (Phi) is 2.33. The smallest absolute Gasteiger partial charge is 0.248 e. The Morgan fingerprint density at radius 3 is 2.60 bits per heavy atom. The number of carbonyl (C=O) groups excluding carboxylic acids is 1. The Bertz CT molecular complexity index is 411. The molecule has 0 saturated carbocycles. The van der Waals surface area contributed by atoms with Gasteiger partial charge in [0.25, 0.3) is 0 Å². The number of benzene rings is 1. The van der Waals surface area contributed by atoms with E-state index in [-0.39, 0.29) is 5.92 Å². The fourth-order valence-electron chi connectivity index (χ4n) is 1.87. The van der Waals surface area contributed by atoms with Crippen molar-refractivity contribution in [2.75, 3.05) is 6.54 Å². The van der Waals surface area contributed by atoms with E-state index in [1.807, 2.05) is 30.3 Å². The van der Waals surface area contributed by atoms with E-state index in [1.54, 1.807) is 0 Å². The Labute approximate surface area is 88.0 Å². The van der Waals surface area contributed by atoms with Gasteiger partial charge >= 0.3 is 0 Å². The van der Waals surface area contributed by atoms with Gasteiger partial charge in [0.05, 0.1) is 5.57 Å². The summed E-state index contributed by atoms with van der Waals surface area (Å²) in [5, 5.41) is 2.96. The molecule has 5 N–H and O–H groups in total.